The van der Waals surface area contributed by atoms with Crippen molar-refractivity contribution in [3.63, 3.8) is 0 Å². The third-order valence-electron chi connectivity index (χ3n) is 9.00. The Morgan fingerprint density at radius 2 is 1.65 bits per heavy atom. The number of amides is 1. The molecule has 0 spiro atoms. The maximum atomic E-state index is 13.8. The number of carbonyl (C=O) groups excluding carboxylic acids is 1. The molecule has 0 unspecified atom stereocenters. The minimum atomic E-state index is -2.90. The highest BCUT2D eigenvalue weighted by molar-refractivity contribution is 8.25. The Labute approximate surface area is 241 Å². The van der Waals surface area contributed by atoms with Crippen LogP contribution < -0.4 is 14.9 Å². The maximum Gasteiger partial charge on any atom is 0.251 e. The molecular formula is C32H47N3O4S. The van der Waals surface area contributed by atoms with Crippen LogP contribution in [-0.4, -0.2) is 57.1 Å². The van der Waals surface area contributed by atoms with Gasteiger partial charge in [0.1, 0.15) is 0 Å². The summed E-state index contributed by atoms with van der Waals surface area (Å²) < 4.78 is 23.4. The lowest BCUT2D eigenvalue weighted by Crippen LogP contribution is -2.50. The molecule has 40 heavy (non-hydrogen) atoms. The fraction of sp³-hybridized carbons (Fsp3) is 0.594. The van der Waals surface area contributed by atoms with Gasteiger partial charge < -0.3 is 15.7 Å². The van der Waals surface area contributed by atoms with Crippen LogP contribution in [0.25, 0.3) is 0 Å². The second kappa shape index (κ2) is 13.7. The van der Waals surface area contributed by atoms with Gasteiger partial charge in [-0.2, -0.15) is 0 Å². The summed E-state index contributed by atoms with van der Waals surface area (Å²) in [4.78, 5) is 13.8. The van der Waals surface area contributed by atoms with E-state index < -0.39 is 22.9 Å². The zero-order valence-electron chi connectivity index (χ0n) is 23.6. The van der Waals surface area contributed by atoms with Crippen molar-refractivity contribution >= 4 is 22.4 Å². The molecule has 1 heterocycles. The first-order chi connectivity index (χ1) is 19.4. The molecular weight excluding hydrogens is 522 g/mol. The molecule has 0 aromatic heterocycles. The van der Waals surface area contributed by atoms with E-state index in [4.69, 9.17) is 0 Å². The number of hydrogen-bond acceptors (Lipinski definition) is 6. The van der Waals surface area contributed by atoms with Gasteiger partial charge in [0.25, 0.3) is 5.91 Å². The average Bonchev–Trinajstić information content (AvgIpc) is 3.51. The van der Waals surface area contributed by atoms with Gasteiger partial charge in [-0.15, -0.1) is 10.8 Å². The molecule has 1 amide bonds. The lowest BCUT2D eigenvalue weighted by atomic mass is 9.94. The van der Waals surface area contributed by atoms with Crippen molar-refractivity contribution in [2.24, 2.45) is 0 Å². The molecule has 220 valence electrons. The van der Waals surface area contributed by atoms with Crippen LogP contribution >= 0.6 is 10.8 Å². The van der Waals surface area contributed by atoms with E-state index in [2.05, 4.69) is 16.7 Å². The molecule has 5 N–H and O–H groups in total. The largest absolute Gasteiger partial charge is 0.390 e. The van der Waals surface area contributed by atoms with Crippen LogP contribution in [0.3, 0.4) is 0 Å². The Bertz CT molecular complexity index is 1100. The molecule has 3 fully saturated rings. The molecule has 5 rings (SSSR count). The highest BCUT2D eigenvalue weighted by Crippen LogP contribution is 2.50. The van der Waals surface area contributed by atoms with E-state index in [1.54, 1.807) is 10.4 Å². The van der Waals surface area contributed by atoms with E-state index >= 15 is 0 Å². The summed E-state index contributed by atoms with van der Waals surface area (Å²) in [6, 6.07) is 15.8. The van der Waals surface area contributed by atoms with Crippen LogP contribution in [-0.2, 0) is 6.42 Å². The predicted octanol–water partition coefficient (Wildman–Crippen LogP) is 6.23. The predicted molar refractivity (Wildman–Crippen MR) is 164 cm³/mol. The van der Waals surface area contributed by atoms with Crippen molar-refractivity contribution in [2.45, 2.75) is 101 Å². The molecule has 0 radical (unpaired) electrons. The fourth-order valence-electron chi connectivity index (χ4n) is 6.65. The van der Waals surface area contributed by atoms with Crippen molar-refractivity contribution < 1.29 is 19.0 Å². The summed E-state index contributed by atoms with van der Waals surface area (Å²) in [5.41, 5.74) is 3.39. The van der Waals surface area contributed by atoms with Crippen LogP contribution in [0.4, 0.5) is 5.69 Å². The average molecular weight is 570 g/mol. The molecule has 0 bridgehead atoms. The van der Waals surface area contributed by atoms with Crippen molar-refractivity contribution in [2.75, 3.05) is 23.1 Å². The van der Waals surface area contributed by atoms with E-state index in [0.717, 1.165) is 49.7 Å². The summed E-state index contributed by atoms with van der Waals surface area (Å²) >= 11 is 0. The summed E-state index contributed by atoms with van der Waals surface area (Å²) in [7, 11) is -2.90. The minimum Gasteiger partial charge on any atom is -0.390 e. The molecule has 1 saturated heterocycles. The molecule has 1 aliphatic heterocycles. The van der Waals surface area contributed by atoms with Crippen LogP contribution in [0.2, 0.25) is 0 Å². The molecule has 2 saturated carbocycles. The van der Waals surface area contributed by atoms with Crippen molar-refractivity contribution in [3.05, 3.63) is 65.2 Å². The quantitative estimate of drug-likeness (QED) is 0.232. The van der Waals surface area contributed by atoms with E-state index in [9.17, 15) is 19.0 Å². The Balaban J connectivity index is 1.37. The van der Waals surface area contributed by atoms with Crippen LogP contribution in [0.5, 0.6) is 0 Å². The molecule has 3 aliphatic rings. The van der Waals surface area contributed by atoms with E-state index in [1.165, 1.54) is 32.1 Å². The van der Waals surface area contributed by atoms with E-state index in [1.807, 2.05) is 36.4 Å². The van der Waals surface area contributed by atoms with Gasteiger partial charge in [0, 0.05) is 24.7 Å². The number of aliphatic hydroxyl groups is 1. The van der Waals surface area contributed by atoms with Crippen molar-refractivity contribution in [1.82, 2.24) is 10.6 Å². The molecule has 7 nitrogen and oxygen atoms in total. The minimum absolute atomic E-state index is 0.229. The number of nitrogens with zero attached hydrogens (tertiary/aromatic N) is 1. The van der Waals surface area contributed by atoms with Crippen LogP contribution in [0, 0.1) is 0 Å². The summed E-state index contributed by atoms with van der Waals surface area (Å²) in [5.74, 6) is 0.511. The number of benzene rings is 2. The number of aliphatic hydroxyl groups excluding tert-OH is 1. The van der Waals surface area contributed by atoms with Gasteiger partial charge in [0.2, 0.25) is 0 Å². The lowest BCUT2D eigenvalue weighted by Gasteiger charge is -2.47. The Hall–Kier alpha value is -2.10. The smallest absolute Gasteiger partial charge is 0.251 e. The Morgan fingerprint density at radius 3 is 2.38 bits per heavy atom. The first-order valence-corrected chi connectivity index (χ1v) is 17.0. The molecule has 8 heteroatoms. The molecule has 2 aromatic carbocycles. The second-order valence-electron chi connectivity index (χ2n) is 12.0. The summed E-state index contributed by atoms with van der Waals surface area (Å²) in [5, 5.41) is 18.0. The topological polar surface area (TPSA) is 105 Å². The van der Waals surface area contributed by atoms with E-state index in [-0.39, 0.29) is 5.91 Å². The summed E-state index contributed by atoms with van der Waals surface area (Å²) in [6.07, 6.45) is 12.0. The molecule has 2 atom stereocenters. The van der Waals surface area contributed by atoms with Gasteiger partial charge >= 0.3 is 0 Å². The van der Waals surface area contributed by atoms with Crippen molar-refractivity contribution in [3.8, 4) is 0 Å². The van der Waals surface area contributed by atoms with Crippen molar-refractivity contribution in [1.29, 1.82) is 0 Å². The number of hydrogen-bond donors (Lipinski definition) is 5. The zero-order valence-corrected chi connectivity index (χ0v) is 24.5. The fourth-order valence-corrected chi connectivity index (χ4v) is 8.33. The first kappa shape index (κ1) is 29.4. The van der Waals surface area contributed by atoms with Crippen LogP contribution in [0.1, 0.15) is 98.0 Å². The van der Waals surface area contributed by atoms with Gasteiger partial charge in [-0.05, 0) is 80.2 Å². The van der Waals surface area contributed by atoms with Gasteiger partial charge in [0.15, 0.2) is 0 Å². The highest BCUT2D eigenvalue weighted by atomic mass is 32.3. The standard InChI is InChI=1S/C32H47N3O4S/c36-31(23-33-28-15-5-2-6-16-28)30(19-24-11-3-1-4-12-24)34-32(37)27-20-26(25-13-7-8-14-25)21-29(22-27)35-17-9-10-18-40(35,38)39/h1,3-4,11-12,20-22,25,28,30-31,33,36,38-39H,2,5-10,13-19,23H2,(H,34,37)/t30-,31+/m0/s1. The third kappa shape index (κ3) is 7.59. The summed E-state index contributed by atoms with van der Waals surface area (Å²) in [6.45, 7) is 1.00. The SMILES string of the molecule is O=C(N[C@@H](Cc1ccccc1)[C@H](O)CNC1CCCCC1)c1cc(C2CCCC2)cc(N2CCCCS2(O)O)c1. The van der Waals surface area contributed by atoms with Gasteiger partial charge in [-0.3, -0.25) is 18.2 Å². The Morgan fingerprint density at radius 1 is 0.925 bits per heavy atom. The highest BCUT2D eigenvalue weighted by Gasteiger charge is 2.30. The second-order valence-corrected chi connectivity index (χ2v) is 14.1. The number of anilines is 1. The number of carbonyl (C=O) groups is 1. The van der Waals surface area contributed by atoms with Gasteiger partial charge in [-0.25, -0.2) is 0 Å². The monoisotopic (exact) mass is 569 g/mol. The molecule has 2 aromatic rings. The normalized spacial score (nSPS) is 22.5. The lowest BCUT2D eigenvalue weighted by molar-refractivity contribution is 0.0821. The first-order valence-electron chi connectivity index (χ1n) is 15.3. The number of nitrogens with one attached hydrogen (secondary N) is 2. The number of rotatable bonds is 10. The maximum absolute atomic E-state index is 13.8. The Kier molecular flexibility index (Phi) is 10.1. The van der Waals surface area contributed by atoms with Crippen LogP contribution in [0.15, 0.2) is 48.5 Å². The zero-order chi connectivity index (χ0) is 28.0. The van der Waals surface area contributed by atoms with Gasteiger partial charge in [0.05, 0.1) is 23.6 Å². The van der Waals surface area contributed by atoms with E-state index in [0.29, 0.717) is 48.5 Å². The molecule has 2 aliphatic carbocycles. The van der Waals surface area contributed by atoms with Gasteiger partial charge in [-0.1, -0.05) is 62.4 Å². The third-order valence-corrected chi connectivity index (χ3v) is 10.9.